The molecule has 0 aliphatic carbocycles. The van der Waals surface area contributed by atoms with E-state index in [1.54, 1.807) is 13.8 Å². The highest BCUT2D eigenvalue weighted by Gasteiger charge is 2.15. The highest BCUT2D eigenvalue weighted by Crippen LogP contribution is 1.91. The molecule has 0 saturated heterocycles. The van der Waals surface area contributed by atoms with E-state index in [1.807, 2.05) is 0 Å². The van der Waals surface area contributed by atoms with Crippen LogP contribution in [0.1, 0.15) is 13.8 Å². The van der Waals surface area contributed by atoms with E-state index in [0.717, 1.165) is 0 Å². The van der Waals surface area contributed by atoms with Crippen molar-refractivity contribution in [3.63, 3.8) is 0 Å². The summed E-state index contributed by atoms with van der Waals surface area (Å²) in [6, 6.07) is -0.0806. The van der Waals surface area contributed by atoms with Crippen molar-refractivity contribution < 1.29 is 9.59 Å². The lowest BCUT2D eigenvalue weighted by atomic mass is 10.4. The van der Waals surface area contributed by atoms with E-state index < -0.39 is 11.8 Å². The number of carbonyl (C=O) groups excluding carboxylic acids is 2. The van der Waals surface area contributed by atoms with Crippen LogP contribution < -0.4 is 10.6 Å². The highest BCUT2D eigenvalue weighted by molar-refractivity contribution is 6.39. The van der Waals surface area contributed by atoms with Crippen molar-refractivity contribution in [2.45, 2.75) is 19.9 Å². The van der Waals surface area contributed by atoms with E-state index in [1.165, 1.54) is 6.33 Å². The average molecular weight is 197 g/mol. The van der Waals surface area contributed by atoms with Gasteiger partial charge in [0.25, 0.3) is 0 Å². The predicted octanol–water partition coefficient (Wildman–Crippen LogP) is -0.732. The summed E-state index contributed by atoms with van der Waals surface area (Å²) in [6.45, 7) is 3.53. The summed E-state index contributed by atoms with van der Waals surface area (Å²) >= 11 is 0. The summed E-state index contributed by atoms with van der Waals surface area (Å²) < 4.78 is 0. The Bertz CT molecular complexity index is 319. The fraction of sp³-hybridized carbons (Fsp3) is 0.429. The molecule has 1 heterocycles. The number of carbonyl (C=O) groups is 2. The Labute approximate surface area is 80.3 Å². The highest BCUT2D eigenvalue weighted by atomic mass is 16.2. The van der Waals surface area contributed by atoms with Crippen LogP contribution in [0.15, 0.2) is 6.33 Å². The van der Waals surface area contributed by atoms with Gasteiger partial charge in [0.05, 0.1) is 0 Å². The van der Waals surface area contributed by atoms with E-state index >= 15 is 0 Å². The Balaban J connectivity index is 2.46. The number of nitrogens with zero attached hydrogens (tertiary/aromatic N) is 2. The monoisotopic (exact) mass is 197 g/mol. The molecule has 7 nitrogen and oxygen atoms in total. The fourth-order valence-corrected chi connectivity index (χ4v) is 0.758. The lowest BCUT2D eigenvalue weighted by Gasteiger charge is -2.06. The van der Waals surface area contributed by atoms with E-state index in [-0.39, 0.29) is 12.0 Å². The summed E-state index contributed by atoms with van der Waals surface area (Å²) in [6.07, 6.45) is 1.23. The van der Waals surface area contributed by atoms with Crippen molar-refractivity contribution in [3.8, 4) is 0 Å². The number of amides is 2. The van der Waals surface area contributed by atoms with Gasteiger partial charge in [-0.2, -0.15) is 10.1 Å². The Hall–Kier alpha value is -1.92. The third-order valence-corrected chi connectivity index (χ3v) is 1.27. The molecule has 0 fully saturated rings. The van der Waals surface area contributed by atoms with Crippen LogP contribution in [0.5, 0.6) is 0 Å². The molecule has 0 spiro atoms. The lowest BCUT2D eigenvalue weighted by Crippen LogP contribution is -2.39. The third kappa shape index (κ3) is 2.85. The molecule has 0 bridgehead atoms. The van der Waals surface area contributed by atoms with Gasteiger partial charge in [-0.05, 0) is 13.8 Å². The van der Waals surface area contributed by atoms with Gasteiger partial charge in [-0.25, -0.2) is 5.10 Å². The topological polar surface area (TPSA) is 99.8 Å². The van der Waals surface area contributed by atoms with Gasteiger partial charge >= 0.3 is 11.8 Å². The summed E-state index contributed by atoms with van der Waals surface area (Å²) in [5.41, 5.74) is 0. The molecule has 76 valence electrons. The van der Waals surface area contributed by atoms with Crippen molar-refractivity contribution in [1.29, 1.82) is 0 Å². The smallest absolute Gasteiger partial charge is 0.316 e. The van der Waals surface area contributed by atoms with Gasteiger partial charge in [0.2, 0.25) is 5.95 Å². The molecule has 0 aliphatic heterocycles. The van der Waals surface area contributed by atoms with Gasteiger partial charge in [-0.15, -0.1) is 0 Å². The zero-order valence-electron chi connectivity index (χ0n) is 7.87. The third-order valence-electron chi connectivity index (χ3n) is 1.27. The van der Waals surface area contributed by atoms with Crippen LogP contribution >= 0.6 is 0 Å². The Morgan fingerprint density at radius 2 is 2.14 bits per heavy atom. The zero-order chi connectivity index (χ0) is 10.6. The second-order valence-electron chi connectivity index (χ2n) is 2.92. The molecule has 0 atom stereocenters. The van der Waals surface area contributed by atoms with Gasteiger partial charge in [-0.3, -0.25) is 14.9 Å². The lowest BCUT2D eigenvalue weighted by molar-refractivity contribution is -0.136. The van der Waals surface area contributed by atoms with Crippen LogP contribution in [0.2, 0.25) is 0 Å². The molecular weight excluding hydrogens is 186 g/mol. The van der Waals surface area contributed by atoms with Gasteiger partial charge < -0.3 is 5.32 Å². The minimum atomic E-state index is -0.768. The van der Waals surface area contributed by atoms with Crippen molar-refractivity contribution in [2.24, 2.45) is 0 Å². The predicted molar refractivity (Wildman–Crippen MR) is 48.3 cm³/mol. The summed E-state index contributed by atoms with van der Waals surface area (Å²) in [5, 5.41) is 10.6. The van der Waals surface area contributed by atoms with Crippen molar-refractivity contribution in [1.82, 2.24) is 20.5 Å². The number of aromatic amines is 1. The molecular formula is C7H11N5O2. The SMILES string of the molecule is CC(C)NC(=O)C(=O)Nc1ncn[nH]1. The first-order valence-corrected chi connectivity index (χ1v) is 4.07. The number of H-pyrrole nitrogens is 1. The van der Waals surface area contributed by atoms with E-state index in [9.17, 15) is 9.59 Å². The molecule has 0 saturated carbocycles. The molecule has 2 amide bonds. The minimum Gasteiger partial charge on any atom is -0.346 e. The quantitative estimate of drug-likeness (QED) is 0.544. The molecule has 14 heavy (non-hydrogen) atoms. The maximum atomic E-state index is 11.1. The van der Waals surface area contributed by atoms with Gasteiger partial charge in [-0.1, -0.05) is 0 Å². The largest absolute Gasteiger partial charge is 0.346 e. The van der Waals surface area contributed by atoms with Crippen LogP contribution in [0.25, 0.3) is 0 Å². The molecule has 1 rings (SSSR count). The van der Waals surface area contributed by atoms with Crippen molar-refractivity contribution in [2.75, 3.05) is 5.32 Å². The summed E-state index contributed by atoms with van der Waals surface area (Å²) in [7, 11) is 0. The number of anilines is 1. The first kappa shape index (κ1) is 10.2. The van der Waals surface area contributed by atoms with Crippen LogP contribution in [0.3, 0.4) is 0 Å². The molecule has 0 aliphatic rings. The van der Waals surface area contributed by atoms with E-state index in [4.69, 9.17) is 0 Å². The number of aromatic nitrogens is 3. The molecule has 1 aromatic heterocycles. The first-order valence-electron chi connectivity index (χ1n) is 4.07. The second-order valence-corrected chi connectivity index (χ2v) is 2.92. The number of nitrogens with one attached hydrogen (secondary N) is 3. The Morgan fingerprint density at radius 1 is 1.43 bits per heavy atom. The first-order chi connectivity index (χ1) is 6.59. The maximum absolute atomic E-state index is 11.1. The average Bonchev–Trinajstić information content (AvgIpc) is 2.55. The molecule has 1 aromatic rings. The molecule has 0 aromatic carbocycles. The summed E-state index contributed by atoms with van der Waals surface area (Å²) in [4.78, 5) is 25.9. The minimum absolute atomic E-state index is 0.0806. The van der Waals surface area contributed by atoms with E-state index in [2.05, 4.69) is 25.8 Å². The Kier molecular flexibility index (Phi) is 3.16. The van der Waals surface area contributed by atoms with Crippen LogP contribution in [0.4, 0.5) is 5.95 Å². The van der Waals surface area contributed by atoms with Gasteiger partial charge in [0, 0.05) is 6.04 Å². The number of hydrogen-bond acceptors (Lipinski definition) is 4. The fourth-order valence-electron chi connectivity index (χ4n) is 0.758. The van der Waals surface area contributed by atoms with Crippen LogP contribution in [-0.2, 0) is 9.59 Å². The van der Waals surface area contributed by atoms with Crippen molar-refractivity contribution in [3.05, 3.63) is 6.33 Å². The normalized spacial score (nSPS) is 9.93. The second kappa shape index (κ2) is 4.35. The van der Waals surface area contributed by atoms with Gasteiger partial charge in [0.15, 0.2) is 0 Å². The number of rotatable bonds is 2. The maximum Gasteiger partial charge on any atom is 0.316 e. The molecule has 7 heteroatoms. The standard InChI is InChI=1S/C7H11N5O2/c1-4(2)10-5(13)6(14)11-7-8-3-9-12-7/h3-4H,1-2H3,(H,10,13)(H2,8,9,11,12,14). The molecule has 0 unspecified atom stereocenters. The van der Waals surface area contributed by atoms with Crippen LogP contribution in [-0.4, -0.2) is 33.0 Å². The zero-order valence-corrected chi connectivity index (χ0v) is 7.87. The van der Waals surface area contributed by atoms with Crippen LogP contribution in [0, 0.1) is 0 Å². The van der Waals surface area contributed by atoms with Gasteiger partial charge in [0.1, 0.15) is 6.33 Å². The summed E-state index contributed by atoms with van der Waals surface area (Å²) in [5.74, 6) is -1.32. The molecule has 0 radical (unpaired) electrons. The number of hydrogen-bond donors (Lipinski definition) is 3. The Morgan fingerprint density at radius 3 is 2.64 bits per heavy atom. The van der Waals surface area contributed by atoms with E-state index in [0.29, 0.717) is 0 Å². The van der Waals surface area contributed by atoms with Crippen molar-refractivity contribution >= 4 is 17.8 Å². The molecule has 3 N–H and O–H groups in total.